The second kappa shape index (κ2) is 17.7. The third kappa shape index (κ3) is 9.84. The first kappa shape index (κ1) is 36.5. The fourth-order valence-electron chi connectivity index (χ4n) is 5.13. The highest BCUT2D eigenvalue weighted by Gasteiger charge is 2.34. The van der Waals surface area contributed by atoms with E-state index in [1.54, 1.807) is 48.5 Å². The molecule has 8 nitrogen and oxygen atoms in total. The molecule has 254 valence electrons. The van der Waals surface area contributed by atoms with Gasteiger partial charge in [0.25, 0.3) is 10.0 Å². The zero-order valence-corrected chi connectivity index (χ0v) is 29.1. The van der Waals surface area contributed by atoms with Crippen LogP contribution in [0, 0.1) is 5.82 Å². The number of carbonyl (C=O) groups excluding carboxylic acids is 2. The molecule has 0 fully saturated rings. The number of hydrogen-bond donors (Lipinski definition) is 1. The maximum atomic E-state index is 14.5. The molecule has 4 rings (SSSR count). The standard InChI is InChI=1S/C37H42FN3O5S2/c1-4-6-24-39-37(43)35(25-28-10-8-7-9-11-28)40(26-29-12-14-30(38)15-13-29)36(42)27-41(31-16-18-32(19-17-31)46-5-2)48(44,45)34-22-20-33(47-3)21-23-34/h7-23,35H,4-6,24-27H2,1-3H3,(H,39,43). The zero-order chi connectivity index (χ0) is 34.5. The first-order valence-electron chi connectivity index (χ1n) is 15.9. The minimum Gasteiger partial charge on any atom is -0.494 e. The summed E-state index contributed by atoms with van der Waals surface area (Å²) in [7, 11) is -4.25. The number of benzene rings is 4. The molecule has 0 spiro atoms. The minimum atomic E-state index is -4.25. The molecule has 0 aliphatic carbocycles. The van der Waals surface area contributed by atoms with Crippen molar-refractivity contribution in [2.24, 2.45) is 0 Å². The molecule has 0 bridgehead atoms. The topological polar surface area (TPSA) is 96.0 Å². The first-order chi connectivity index (χ1) is 23.2. The van der Waals surface area contributed by atoms with Gasteiger partial charge in [0.1, 0.15) is 24.2 Å². The van der Waals surface area contributed by atoms with Crippen molar-refractivity contribution in [1.29, 1.82) is 0 Å². The Kier molecular flexibility index (Phi) is 13.5. The molecule has 2 amide bonds. The average molecular weight is 692 g/mol. The van der Waals surface area contributed by atoms with E-state index >= 15 is 0 Å². The molecule has 1 N–H and O–H groups in total. The highest BCUT2D eigenvalue weighted by atomic mass is 32.2. The van der Waals surface area contributed by atoms with Gasteiger partial charge in [-0.3, -0.25) is 13.9 Å². The van der Waals surface area contributed by atoms with Crippen molar-refractivity contribution >= 4 is 39.3 Å². The van der Waals surface area contributed by atoms with Crippen LogP contribution in [-0.4, -0.2) is 57.1 Å². The number of carbonyl (C=O) groups is 2. The number of sulfonamides is 1. The van der Waals surface area contributed by atoms with E-state index in [1.165, 1.54) is 40.9 Å². The summed E-state index contributed by atoms with van der Waals surface area (Å²) in [6, 6.07) is 27.0. The van der Waals surface area contributed by atoms with E-state index in [2.05, 4.69) is 5.32 Å². The van der Waals surface area contributed by atoms with E-state index in [4.69, 9.17) is 4.74 Å². The number of unbranched alkanes of at least 4 members (excludes halogenated alkanes) is 1. The molecule has 0 aliphatic heterocycles. The Morgan fingerprint density at radius 2 is 1.54 bits per heavy atom. The summed E-state index contributed by atoms with van der Waals surface area (Å²) < 4.78 is 49.0. The molecule has 0 heterocycles. The van der Waals surface area contributed by atoms with E-state index in [-0.39, 0.29) is 29.5 Å². The number of halogens is 1. The van der Waals surface area contributed by atoms with Crippen LogP contribution < -0.4 is 14.4 Å². The van der Waals surface area contributed by atoms with Crippen LogP contribution >= 0.6 is 11.8 Å². The number of rotatable bonds is 17. The molecule has 48 heavy (non-hydrogen) atoms. The molecular formula is C37H42FN3O5S2. The average Bonchev–Trinajstić information content (AvgIpc) is 3.10. The van der Waals surface area contributed by atoms with E-state index in [1.807, 2.05) is 50.4 Å². The lowest BCUT2D eigenvalue weighted by Crippen LogP contribution is -2.53. The SMILES string of the molecule is CCCCNC(=O)C(Cc1ccccc1)N(Cc1ccc(F)cc1)C(=O)CN(c1ccc(OCC)cc1)S(=O)(=O)c1ccc(SC)cc1. The summed E-state index contributed by atoms with van der Waals surface area (Å²) >= 11 is 1.48. The van der Waals surface area contributed by atoms with Crippen LogP contribution in [0.15, 0.2) is 113 Å². The number of ether oxygens (including phenoxy) is 1. The molecule has 0 aromatic heterocycles. The van der Waals surface area contributed by atoms with Crippen molar-refractivity contribution in [2.45, 2.75) is 55.5 Å². The van der Waals surface area contributed by atoms with E-state index in [0.717, 1.165) is 27.6 Å². The Balaban J connectivity index is 1.79. The van der Waals surface area contributed by atoms with Crippen molar-refractivity contribution in [3.8, 4) is 5.75 Å². The van der Waals surface area contributed by atoms with E-state index in [0.29, 0.717) is 24.5 Å². The van der Waals surface area contributed by atoms with Gasteiger partial charge < -0.3 is 15.0 Å². The number of nitrogens with one attached hydrogen (secondary N) is 1. The van der Waals surface area contributed by atoms with Gasteiger partial charge in [0.05, 0.1) is 17.2 Å². The Morgan fingerprint density at radius 3 is 2.15 bits per heavy atom. The van der Waals surface area contributed by atoms with Gasteiger partial charge in [-0.05, 0) is 91.4 Å². The molecule has 0 saturated heterocycles. The number of hydrogen-bond acceptors (Lipinski definition) is 6. The normalized spacial score (nSPS) is 11.8. The summed E-state index contributed by atoms with van der Waals surface area (Å²) in [4.78, 5) is 30.7. The summed E-state index contributed by atoms with van der Waals surface area (Å²) in [5.41, 5.74) is 1.68. The van der Waals surface area contributed by atoms with Gasteiger partial charge in [0, 0.05) is 24.4 Å². The van der Waals surface area contributed by atoms with Gasteiger partial charge >= 0.3 is 0 Å². The predicted octanol–water partition coefficient (Wildman–Crippen LogP) is 6.70. The van der Waals surface area contributed by atoms with Gasteiger partial charge in [-0.1, -0.05) is 55.8 Å². The molecule has 4 aromatic rings. The van der Waals surface area contributed by atoms with Crippen LogP contribution in [0.3, 0.4) is 0 Å². The molecule has 11 heteroatoms. The summed E-state index contributed by atoms with van der Waals surface area (Å²) in [5.74, 6) is -0.830. The van der Waals surface area contributed by atoms with Crippen molar-refractivity contribution in [3.05, 3.63) is 120 Å². The Labute approximate surface area is 287 Å². The van der Waals surface area contributed by atoms with Gasteiger partial charge in [-0.25, -0.2) is 12.8 Å². The lowest BCUT2D eigenvalue weighted by Gasteiger charge is -2.34. The highest BCUT2D eigenvalue weighted by molar-refractivity contribution is 7.98. The molecule has 1 atom stereocenters. The molecule has 0 aliphatic rings. The van der Waals surface area contributed by atoms with Crippen molar-refractivity contribution in [3.63, 3.8) is 0 Å². The minimum absolute atomic E-state index is 0.0187. The van der Waals surface area contributed by atoms with Gasteiger partial charge in [-0.15, -0.1) is 11.8 Å². The highest BCUT2D eigenvalue weighted by Crippen LogP contribution is 2.28. The summed E-state index contributed by atoms with van der Waals surface area (Å²) in [6.07, 6.45) is 3.72. The van der Waals surface area contributed by atoms with Crippen LogP contribution in [0.2, 0.25) is 0 Å². The van der Waals surface area contributed by atoms with Crippen molar-refractivity contribution in [1.82, 2.24) is 10.2 Å². The molecule has 4 aromatic carbocycles. The number of amides is 2. The van der Waals surface area contributed by atoms with Crippen molar-refractivity contribution < 1.29 is 27.1 Å². The predicted molar refractivity (Wildman–Crippen MR) is 189 cm³/mol. The number of anilines is 1. The third-order valence-corrected chi connectivity index (χ3v) is 10.3. The second-order valence-corrected chi connectivity index (χ2v) is 13.9. The van der Waals surface area contributed by atoms with E-state index in [9.17, 15) is 22.4 Å². The molecule has 0 radical (unpaired) electrons. The maximum Gasteiger partial charge on any atom is 0.264 e. The smallest absolute Gasteiger partial charge is 0.264 e. The van der Waals surface area contributed by atoms with Crippen LogP contribution in [0.1, 0.15) is 37.8 Å². The van der Waals surface area contributed by atoms with Gasteiger partial charge in [0.15, 0.2) is 0 Å². The Hall–Kier alpha value is -4.35. The molecule has 0 saturated carbocycles. The van der Waals surface area contributed by atoms with Crippen LogP contribution in [0.4, 0.5) is 10.1 Å². The second-order valence-electron chi connectivity index (χ2n) is 11.1. The lowest BCUT2D eigenvalue weighted by molar-refractivity contribution is -0.140. The number of nitrogens with zero attached hydrogens (tertiary/aromatic N) is 2. The van der Waals surface area contributed by atoms with E-state index < -0.39 is 34.3 Å². The van der Waals surface area contributed by atoms with Crippen LogP contribution in [-0.2, 0) is 32.6 Å². The largest absolute Gasteiger partial charge is 0.494 e. The molecule has 1 unspecified atom stereocenters. The summed E-state index contributed by atoms with van der Waals surface area (Å²) in [5, 5.41) is 2.96. The first-order valence-corrected chi connectivity index (χ1v) is 18.6. The Bertz CT molecular complexity index is 1720. The third-order valence-electron chi connectivity index (χ3n) is 7.73. The molecular weight excluding hydrogens is 650 g/mol. The number of thioether (sulfide) groups is 1. The fourth-order valence-corrected chi connectivity index (χ4v) is 6.95. The van der Waals surface area contributed by atoms with Gasteiger partial charge in [0.2, 0.25) is 11.8 Å². The lowest BCUT2D eigenvalue weighted by atomic mass is 10.0. The zero-order valence-electron chi connectivity index (χ0n) is 27.5. The van der Waals surface area contributed by atoms with Crippen molar-refractivity contribution in [2.75, 3.05) is 30.3 Å². The van der Waals surface area contributed by atoms with Gasteiger partial charge in [-0.2, -0.15) is 0 Å². The maximum absolute atomic E-state index is 14.5. The van der Waals surface area contributed by atoms with Crippen LogP contribution in [0.5, 0.6) is 5.75 Å². The monoisotopic (exact) mass is 691 g/mol. The quantitative estimate of drug-likeness (QED) is 0.0979. The van der Waals surface area contributed by atoms with Crippen LogP contribution in [0.25, 0.3) is 0 Å². The summed E-state index contributed by atoms with van der Waals surface area (Å²) in [6.45, 7) is 4.10. The fraction of sp³-hybridized carbons (Fsp3) is 0.297. The Morgan fingerprint density at radius 1 is 0.875 bits per heavy atom.